The van der Waals surface area contributed by atoms with Crippen molar-refractivity contribution in [1.82, 2.24) is 5.32 Å². The van der Waals surface area contributed by atoms with Gasteiger partial charge in [-0.15, -0.1) is 0 Å². The van der Waals surface area contributed by atoms with Crippen molar-refractivity contribution in [2.75, 3.05) is 32.1 Å². The predicted octanol–water partition coefficient (Wildman–Crippen LogP) is 2.23. The number of likely N-dealkylation sites (N-methyl/N-ethyl adjacent to an activating group) is 2. The lowest BCUT2D eigenvalue weighted by molar-refractivity contribution is 0.401. The number of methoxy groups -OCH3 is 1. The summed E-state index contributed by atoms with van der Waals surface area (Å²) in [6.45, 7) is 6.57. The lowest BCUT2D eigenvalue weighted by Gasteiger charge is -2.21. The second-order valence-electron chi connectivity index (χ2n) is 4.62. The Labute approximate surface area is 104 Å². The van der Waals surface area contributed by atoms with Gasteiger partial charge in [0.15, 0.2) is 0 Å². The fourth-order valence-corrected chi connectivity index (χ4v) is 2.69. The number of hydrogen-bond acceptors (Lipinski definition) is 3. The number of nitrogens with zero attached hydrogens (tertiary/aromatic N) is 1. The van der Waals surface area contributed by atoms with Crippen LogP contribution >= 0.6 is 0 Å². The Balaban J connectivity index is 2.45. The Kier molecular flexibility index (Phi) is 3.57. The number of rotatable bonds is 4. The van der Waals surface area contributed by atoms with Crippen LogP contribution in [0.15, 0.2) is 18.2 Å². The molecule has 2 rings (SSSR count). The highest BCUT2D eigenvalue weighted by Gasteiger charge is 2.33. The molecule has 0 fully saturated rings. The summed E-state index contributed by atoms with van der Waals surface area (Å²) >= 11 is 0. The Bertz CT molecular complexity index is 392. The first-order valence-corrected chi connectivity index (χ1v) is 6.32. The Hall–Kier alpha value is -1.22. The second-order valence-corrected chi connectivity index (χ2v) is 4.62. The number of hydrogen-bond donors (Lipinski definition) is 1. The standard InChI is InChI=1S/C14H22N2O/c1-5-16-9-11(10(2)15-3)14-12(16)7-6-8-13(14)17-4/h6-8,10-11,15H,5,9H2,1-4H3. The maximum absolute atomic E-state index is 5.52. The van der Waals surface area contributed by atoms with Gasteiger partial charge in [-0.3, -0.25) is 0 Å². The van der Waals surface area contributed by atoms with Crippen LogP contribution in [0.1, 0.15) is 25.3 Å². The first-order chi connectivity index (χ1) is 8.22. The summed E-state index contributed by atoms with van der Waals surface area (Å²) in [6.07, 6.45) is 0. The van der Waals surface area contributed by atoms with Crippen LogP contribution in [-0.4, -0.2) is 33.3 Å². The fraction of sp³-hybridized carbons (Fsp3) is 0.571. The van der Waals surface area contributed by atoms with Crippen LogP contribution in [0.3, 0.4) is 0 Å². The normalized spacial score (nSPS) is 20.2. The molecule has 17 heavy (non-hydrogen) atoms. The third kappa shape index (κ3) is 2.00. The van der Waals surface area contributed by atoms with E-state index >= 15 is 0 Å². The maximum Gasteiger partial charge on any atom is 0.124 e. The van der Waals surface area contributed by atoms with Crippen LogP contribution in [0.2, 0.25) is 0 Å². The third-order valence-corrected chi connectivity index (χ3v) is 3.83. The topological polar surface area (TPSA) is 24.5 Å². The van der Waals surface area contributed by atoms with E-state index in [2.05, 4.69) is 42.3 Å². The quantitative estimate of drug-likeness (QED) is 0.864. The highest BCUT2D eigenvalue weighted by molar-refractivity contribution is 5.65. The van der Waals surface area contributed by atoms with E-state index in [1.54, 1.807) is 7.11 Å². The van der Waals surface area contributed by atoms with Crippen LogP contribution < -0.4 is 15.0 Å². The maximum atomic E-state index is 5.52. The predicted molar refractivity (Wildman–Crippen MR) is 72.1 cm³/mol. The molecule has 0 aromatic heterocycles. The summed E-state index contributed by atoms with van der Waals surface area (Å²) < 4.78 is 5.52. The molecule has 0 saturated carbocycles. The number of benzene rings is 1. The summed E-state index contributed by atoms with van der Waals surface area (Å²) in [5.41, 5.74) is 2.69. The van der Waals surface area contributed by atoms with Gasteiger partial charge in [0.2, 0.25) is 0 Å². The van der Waals surface area contributed by atoms with Crippen molar-refractivity contribution in [2.24, 2.45) is 0 Å². The average Bonchev–Trinajstić information content (AvgIpc) is 2.76. The van der Waals surface area contributed by atoms with E-state index in [0.717, 1.165) is 18.8 Å². The minimum absolute atomic E-state index is 0.460. The van der Waals surface area contributed by atoms with Crippen molar-refractivity contribution in [3.8, 4) is 5.75 Å². The van der Waals surface area contributed by atoms with Crippen molar-refractivity contribution in [3.05, 3.63) is 23.8 Å². The molecule has 0 radical (unpaired) electrons. The van der Waals surface area contributed by atoms with Gasteiger partial charge in [0.1, 0.15) is 5.75 Å². The van der Waals surface area contributed by atoms with Crippen molar-refractivity contribution < 1.29 is 4.74 Å². The molecule has 1 heterocycles. The monoisotopic (exact) mass is 234 g/mol. The SMILES string of the molecule is CCN1CC(C(C)NC)c2c(OC)cccc21. The lowest BCUT2D eigenvalue weighted by atomic mass is 9.94. The molecule has 2 unspecified atom stereocenters. The molecule has 0 amide bonds. The van der Waals surface area contributed by atoms with Crippen LogP contribution in [0.5, 0.6) is 5.75 Å². The summed E-state index contributed by atoms with van der Waals surface area (Å²) in [5, 5.41) is 3.36. The molecule has 2 atom stereocenters. The highest BCUT2D eigenvalue weighted by Crippen LogP contribution is 2.43. The Morgan fingerprint density at radius 2 is 2.29 bits per heavy atom. The molecule has 1 aromatic carbocycles. The van der Waals surface area contributed by atoms with E-state index in [1.807, 2.05) is 7.05 Å². The van der Waals surface area contributed by atoms with Crippen LogP contribution in [0, 0.1) is 0 Å². The molecular weight excluding hydrogens is 212 g/mol. The molecule has 1 aliphatic heterocycles. The van der Waals surface area contributed by atoms with Gasteiger partial charge in [0.25, 0.3) is 0 Å². The smallest absolute Gasteiger partial charge is 0.124 e. The van der Waals surface area contributed by atoms with Gasteiger partial charge in [-0.1, -0.05) is 6.07 Å². The zero-order valence-electron chi connectivity index (χ0n) is 11.2. The first kappa shape index (κ1) is 12.2. The number of nitrogens with one attached hydrogen (secondary N) is 1. The summed E-state index contributed by atoms with van der Waals surface area (Å²) in [7, 11) is 3.78. The minimum Gasteiger partial charge on any atom is -0.496 e. The molecule has 0 spiro atoms. The molecule has 0 aliphatic carbocycles. The molecule has 1 N–H and O–H groups in total. The summed E-state index contributed by atoms with van der Waals surface area (Å²) in [4.78, 5) is 2.43. The number of fused-ring (bicyclic) bond motifs is 1. The first-order valence-electron chi connectivity index (χ1n) is 6.32. The second kappa shape index (κ2) is 4.96. The van der Waals surface area contributed by atoms with Gasteiger partial charge < -0.3 is 15.0 Å². The number of anilines is 1. The van der Waals surface area contributed by atoms with Crippen molar-refractivity contribution >= 4 is 5.69 Å². The Morgan fingerprint density at radius 3 is 2.88 bits per heavy atom. The molecule has 1 aromatic rings. The molecule has 94 valence electrons. The van der Waals surface area contributed by atoms with Crippen molar-refractivity contribution in [3.63, 3.8) is 0 Å². The van der Waals surface area contributed by atoms with E-state index < -0.39 is 0 Å². The zero-order chi connectivity index (χ0) is 12.4. The summed E-state index contributed by atoms with van der Waals surface area (Å²) in [5.74, 6) is 1.52. The molecular formula is C14H22N2O. The minimum atomic E-state index is 0.460. The Morgan fingerprint density at radius 1 is 1.53 bits per heavy atom. The van der Waals surface area contributed by atoms with Gasteiger partial charge in [0, 0.05) is 36.3 Å². The van der Waals surface area contributed by atoms with E-state index in [4.69, 9.17) is 4.74 Å². The average molecular weight is 234 g/mol. The van der Waals surface area contributed by atoms with E-state index in [9.17, 15) is 0 Å². The largest absolute Gasteiger partial charge is 0.496 e. The van der Waals surface area contributed by atoms with Crippen molar-refractivity contribution in [2.45, 2.75) is 25.8 Å². The van der Waals surface area contributed by atoms with Gasteiger partial charge in [-0.2, -0.15) is 0 Å². The molecule has 0 saturated heterocycles. The fourth-order valence-electron chi connectivity index (χ4n) is 2.69. The van der Waals surface area contributed by atoms with E-state index in [1.165, 1.54) is 11.3 Å². The van der Waals surface area contributed by atoms with Crippen molar-refractivity contribution in [1.29, 1.82) is 0 Å². The molecule has 1 aliphatic rings. The molecule has 3 nitrogen and oxygen atoms in total. The summed E-state index contributed by atoms with van der Waals surface area (Å²) in [6, 6.07) is 6.80. The number of ether oxygens (including phenoxy) is 1. The van der Waals surface area contributed by atoms with Gasteiger partial charge in [0.05, 0.1) is 7.11 Å². The van der Waals surface area contributed by atoms with Crippen LogP contribution in [0.25, 0.3) is 0 Å². The van der Waals surface area contributed by atoms with Gasteiger partial charge in [-0.25, -0.2) is 0 Å². The lowest BCUT2D eigenvalue weighted by Crippen LogP contribution is -2.32. The van der Waals surface area contributed by atoms with Gasteiger partial charge in [-0.05, 0) is 33.0 Å². The van der Waals surface area contributed by atoms with Crippen LogP contribution in [0.4, 0.5) is 5.69 Å². The molecule has 3 heteroatoms. The zero-order valence-corrected chi connectivity index (χ0v) is 11.2. The third-order valence-electron chi connectivity index (χ3n) is 3.83. The van der Waals surface area contributed by atoms with E-state index in [0.29, 0.717) is 12.0 Å². The highest BCUT2D eigenvalue weighted by atomic mass is 16.5. The molecule has 0 bridgehead atoms. The van der Waals surface area contributed by atoms with Crippen LogP contribution in [-0.2, 0) is 0 Å². The van der Waals surface area contributed by atoms with E-state index in [-0.39, 0.29) is 0 Å². The van der Waals surface area contributed by atoms with Gasteiger partial charge >= 0.3 is 0 Å².